The van der Waals surface area contributed by atoms with Gasteiger partial charge in [0.15, 0.2) is 0 Å². The standard InChI is InChI=1S/C16H27N3O3/c17-14(20)11-18-7-1-2-12(10-18)15(21)19-8-3-13(4-9-19)16(22)5-6-16/h12-13,22H,1-11H2,(H2,17,20). The third kappa shape index (κ3) is 3.43. The van der Waals surface area contributed by atoms with Gasteiger partial charge in [0.1, 0.15) is 0 Å². The van der Waals surface area contributed by atoms with E-state index in [-0.39, 0.29) is 24.3 Å². The minimum absolute atomic E-state index is 0.00587. The number of carbonyl (C=O) groups is 2. The highest BCUT2D eigenvalue weighted by Crippen LogP contribution is 2.46. The molecule has 3 rings (SSSR count). The summed E-state index contributed by atoms with van der Waals surface area (Å²) in [5.74, 6) is 0.255. The molecule has 0 bridgehead atoms. The van der Waals surface area contributed by atoms with Gasteiger partial charge in [0.05, 0.1) is 18.1 Å². The van der Waals surface area contributed by atoms with Crippen LogP contribution in [0.25, 0.3) is 0 Å². The van der Waals surface area contributed by atoms with Crippen LogP contribution in [0.15, 0.2) is 0 Å². The van der Waals surface area contributed by atoms with E-state index >= 15 is 0 Å². The highest BCUT2D eigenvalue weighted by Gasteiger charge is 2.48. The van der Waals surface area contributed by atoms with Crippen molar-refractivity contribution in [2.75, 3.05) is 32.7 Å². The van der Waals surface area contributed by atoms with Crippen LogP contribution in [0, 0.1) is 11.8 Å². The Hall–Kier alpha value is -1.14. The molecule has 3 aliphatic rings. The summed E-state index contributed by atoms with van der Waals surface area (Å²) in [6.07, 6.45) is 5.53. The fraction of sp³-hybridized carbons (Fsp3) is 0.875. The summed E-state index contributed by atoms with van der Waals surface area (Å²) in [6, 6.07) is 0. The highest BCUT2D eigenvalue weighted by molar-refractivity contribution is 5.79. The van der Waals surface area contributed by atoms with Crippen LogP contribution in [-0.2, 0) is 9.59 Å². The lowest BCUT2D eigenvalue weighted by atomic mass is 9.88. The summed E-state index contributed by atoms with van der Waals surface area (Å²) in [7, 11) is 0. The topological polar surface area (TPSA) is 86.9 Å². The number of aliphatic hydroxyl groups is 1. The van der Waals surface area contributed by atoms with E-state index in [1.165, 1.54) is 0 Å². The van der Waals surface area contributed by atoms with Gasteiger partial charge in [0.2, 0.25) is 11.8 Å². The number of likely N-dealkylation sites (tertiary alicyclic amines) is 2. The van der Waals surface area contributed by atoms with Gasteiger partial charge in [-0.15, -0.1) is 0 Å². The van der Waals surface area contributed by atoms with Crippen LogP contribution >= 0.6 is 0 Å². The monoisotopic (exact) mass is 309 g/mol. The van der Waals surface area contributed by atoms with Crippen LogP contribution in [0.3, 0.4) is 0 Å². The minimum Gasteiger partial charge on any atom is -0.390 e. The van der Waals surface area contributed by atoms with Crippen molar-refractivity contribution >= 4 is 11.8 Å². The molecule has 0 spiro atoms. The zero-order valence-corrected chi connectivity index (χ0v) is 13.2. The van der Waals surface area contributed by atoms with Crippen LogP contribution in [0.4, 0.5) is 0 Å². The van der Waals surface area contributed by atoms with Crippen LogP contribution in [-0.4, -0.2) is 65.0 Å². The molecule has 1 atom stereocenters. The molecule has 0 aromatic heterocycles. The summed E-state index contributed by atoms with van der Waals surface area (Å²) in [6.45, 7) is 3.27. The molecule has 124 valence electrons. The number of nitrogens with two attached hydrogens (primary N) is 1. The number of amides is 2. The van der Waals surface area contributed by atoms with Crippen molar-refractivity contribution in [2.24, 2.45) is 17.6 Å². The third-order valence-electron chi connectivity index (χ3n) is 5.56. The molecular weight excluding hydrogens is 282 g/mol. The predicted octanol–water partition coefficient (Wildman–Crippen LogP) is -0.0528. The predicted molar refractivity (Wildman–Crippen MR) is 81.8 cm³/mol. The van der Waals surface area contributed by atoms with Crippen LogP contribution in [0.2, 0.25) is 0 Å². The Balaban J connectivity index is 1.50. The maximum Gasteiger partial charge on any atom is 0.231 e. The maximum atomic E-state index is 12.7. The first kappa shape index (κ1) is 15.7. The number of primary amides is 1. The lowest BCUT2D eigenvalue weighted by Crippen LogP contribution is -2.49. The second-order valence-electron chi connectivity index (χ2n) is 7.24. The molecule has 1 saturated carbocycles. The van der Waals surface area contributed by atoms with E-state index in [9.17, 15) is 14.7 Å². The SMILES string of the molecule is NC(=O)CN1CCCC(C(=O)N2CCC(C3(O)CC3)CC2)C1. The van der Waals surface area contributed by atoms with Crippen molar-refractivity contribution in [3.8, 4) is 0 Å². The van der Waals surface area contributed by atoms with Gasteiger partial charge in [-0.25, -0.2) is 0 Å². The van der Waals surface area contributed by atoms with Crippen molar-refractivity contribution in [1.82, 2.24) is 9.80 Å². The fourth-order valence-corrected chi connectivity index (χ4v) is 4.05. The first-order valence-electron chi connectivity index (χ1n) is 8.50. The summed E-state index contributed by atoms with van der Waals surface area (Å²) in [5, 5.41) is 10.2. The summed E-state index contributed by atoms with van der Waals surface area (Å²) in [4.78, 5) is 27.7. The molecule has 1 unspecified atom stereocenters. The van der Waals surface area contributed by atoms with E-state index in [0.29, 0.717) is 12.5 Å². The third-order valence-corrected chi connectivity index (χ3v) is 5.56. The Morgan fingerprint density at radius 1 is 1.14 bits per heavy atom. The molecule has 0 radical (unpaired) electrons. The van der Waals surface area contributed by atoms with E-state index in [0.717, 1.165) is 58.2 Å². The zero-order chi connectivity index (χ0) is 15.7. The zero-order valence-electron chi connectivity index (χ0n) is 13.2. The molecule has 2 aliphatic heterocycles. The van der Waals surface area contributed by atoms with E-state index in [1.54, 1.807) is 0 Å². The number of nitrogens with zero attached hydrogens (tertiary/aromatic N) is 2. The van der Waals surface area contributed by atoms with Crippen molar-refractivity contribution in [3.05, 3.63) is 0 Å². The number of hydrogen-bond acceptors (Lipinski definition) is 4. The summed E-state index contributed by atoms with van der Waals surface area (Å²) >= 11 is 0. The highest BCUT2D eigenvalue weighted by atomic mass is 16.3. The molecule has 2 heterocycles. The Morgan fingerprint density at radius 3 is 2.41 bits per heavy atom. The molecular formula is C16H27N3O3. The van der Waals surface area contributed by atoms with E-state index in [4.69, 9.17) is 5.73 Å². The quantitative estimate of drug-likeness (QED) is 0.762. The van der Waals surface area contributed by atoms with Crippen molar-refractivity contribution < 1.29 is 14.7 Å². The number of hydrogen-bond donors (Lipinski definition) is 2. The normalized spacial score (nSPS) is 29.3. The second-order valence-corrected chi connectivity index (χ2v) is 7.24. The second kappa shape index (κ2) is 6.16. The number of carbonyl (C=O) groups excluding carboxylic acids is 2. The molecule has 3 N–H and O–H groups in total. The van der Waals surface area contributed by atoms with Gasteiger partial charge in [-0.1, -0.05) is 0 Å². The largest absolute Gasteiger partial charge is 0.390 e. The van der Waals surface area contributed by atoms with Gasteiger partial charge in [0, 0.05) is 19.6 Å². The Labute approximate surface area is 131 Å². The van der Waals surface area contributed by atoms with Gasteiger partial charge >= 0.3 is 0 Å². The molecule has 0 aromatic rings. The Kier molecular flexibility index (Phi) is 4.41. The maximum absolute atomic E-state index is 12.7. The molecule has 6 nitrogen and oxygen atoms in total. The molecule has 1 aliphatic carbocycles. The smallest absolute Gasteiger partial charge is 0.231 e. The van der Waals surface area contributed by atoms with Crippen molar-refractivity contribution in [1.29, 1.82) is 0 Å². The summed E-state index contributed by atoms with van der Waals surface area (Å²) in [5.41, 5.74) is 4.83. The summed E-state index contributed by atoms with van der Waals surface area (Å²) < 4.78 is 0. The van der Waals surface area contributed by atoms with Crippen LogP contribution in [0.1, 0.15) is 38.5 Å². The van der Waals surface area contributed by atoms with Gasteiger partial charge < -0.3 is 15.7 Å². The van der Waals surface area contributed by atoms with Crippen LogP contribution < -0.4 is 5.73 Å². The number of rotatable bonds is 4. The molecule has 0 aromatic carbocycles. The van der Waals surface area contributed by atoms with E-state index in [1.807, 2.05) is 9.80 Å². The van der Waals surface area contributed by atoms with Gasteiger partial charge in [-0.3, -0.25) is 14.5 Å². The first-order chi connectivity index (χ1) is 10.5. The van der Waals surface area contributed by atoms with E-state index in [2.05, 4.69) is 0 Å². The molecule has 22 heavy (non-hydrogen) atoms. The lowest BCUT2D eigenvalue weighted by molar-refractivity contribution is -0.140. The van der Waals surface area contributed by atoms with Crippen LogP contribution in [0.5, 0.6) is 0 Å². The molecule has 2 amide bonds. The Morgan fingerprint density at radius 2 is 1.82 bits per heavy atom. The average Bonchev–Trinajstić information content (AvgIpc) is 3.25. The molecule has 2 saturated heterocycles. The van der Waals surface area contributed by atoms with Gasteiger partial charge in [-0.2, -0.15) is 0 Å². The molecule has 3 fully saturated rings. The fourth-order valence-electron chi connectivity index (χ4n) is 4.05. The van der Waals surface area contributed by atoms with E-state index < -0.39 is 5.60 Å². The Bertz CT molecular complexity index is 442. The average molecular weight is 309 g/mol. The lowest BCUT2D eigenvalue weighted by Gasteiger charge is -2.38. The minimum atomic E-state index is -0.418. The van der Waals surface area contributed by atoms with Gasteiger partial charge in [0.25, 0.3) is 0 Å². The first-order valence-corrected chi connectivity index (χ1v) is 8.50. The number of piperidine rings is 2. The van der Waals surface area contributed by atoms with Crippen molar-refractivity contribution in [2.45, 2.75) is 44.1 Å². The molecule has 6 heteroatoms. The van der Waals surface area contributed by atoms with Crippen molar-refractivity contribution in [3.63, 3.8) is 0 Å². The van der Waals surface area contributed by atoms with Gasteiger partial charge in [-0.05, 0) is 51.0 Å².